The maximum atomic E-state index is 13.2. The zero-order valence-corrected chi connectivity index (χ0v) is 12.3. The molecule has 1 atom stereocenters. The molecule has 1 heterocycles. The fourth-order valence-electron chi connectivity index (χ4n) is 2.35. The first-order valence-electron chi connectivity index (χ1n) is 6.62. The lowest BCUT2D eigenvalue weighted by atomic mass is 9.84. The van der Waals surface area contributed by atoms with Crippen molar-refractivity contribution in [3.05, 3.63) is 65.7 Å². The van der Waals surface area contributed by atoms with Crippen molar-refractivity contribution in [2.45, 2.75) is 12.5 Å². The summed E-state index contributed by atoms with van der Waals surface area (Å²) in [5.41, 5.74) is 0.910. The van der Waals surface area contributed by atoms with Crippen LogP contribution in [-0.2, 0) is 5.54 Å². The Bertz CT molecular complexity index is 615. The third-order valence-electron chi connectivity index (χ3n) is 3.82. The fraction of sp³-hybridized carbons (Fsp3) is 0.250. The maximum absolute atomic E-state index is 13.2. The van der Waals surface area contributed by atoms with Gasteiger partial charge in [-0.25, -0.2) is 9.18 Å². The zero-order valence-electron chi connectivity index (χ0n) is 12.3. The minimum Gasteiger partial charge on any atom is -0.341 e. The van der Waals surface area contributed by atoms with Crippen molar-refractivity contribution >= 4 is 6.03 Å². The molecule has 21 heavy (non-hydrogen) atoms. The largest absolute Gasteiger partial charge is 0.341 e. The number of carbonyl (C=O) groups excluding carboxylic acids is 1. The number of hydrogen-bond acceptors (Lipinski definition) is 2. The molecule has 0 aliphatic rings. The molecule has 1 aromatic carbocycles. The first kappa shape index (κ1) is 15.0. The Hall–Kier alpha value is -2.43. The van der Waals surface area contributed by atoms with E-state index < -0.39 is 5.54 Å². The number of benzene rings is 1. The first-order valence-corrected chi connectivity index (χ1v) is 6.62. The molecule has 1 N–H and O–H groups in total. The summed E-state index contributed by atoms with van der Waals surface area (Å²) < 4.78 is 13.2. The fourth-order valence-corrected chi connectivity index (χ4v) is 2.35. The number of urea groups is 1. The van der Waals surface area contributed by atoms with Crippen LogP contribution in [0.15, 0.2) is 48.8 Å². The molecule has 0 saturated carbocycles. The predicted octanol–water partition coefficient (Wildman–Crippen LogP) is 2.76. The number of aromatic nitrogens is 1. The minimum absolute atomic E-state index is 0.231. The summed E-state index contributed by atoms with van der Waals surface area (Å²) in [6, 6.07) is 9.63. The number of rotatable bonds is 3. The van der Waals surface area contributed by atoms with Crippen LogP contribution in [0.5, 0.6) is 0 Å². The Kier molecular flexibility index (Phi) is 4.21. The highest BCUT2D eigenvalue weighted by atomic mass is 19.1. The number of halogens is 1. The first-order chi connectivity index (χ1) is 10.00. The van der Waals surface area contributed by atoms with Gasteiger partial charge in [-0.3, -0.25) is 4.98 Å². The van der Waals surface area contributed by atoms with Crippen LogP contribution in [0.4, 0.5) is 9.18 Å². The average molecular weight is 287 g/mol. The Morgan fingerprint density at radius 1 is 1.24 bits per heavy atom. The second-order valence-electron chi connectivity index (χ2n) is 4.93. The van der Waals surface area contributed by atoms with E-state index in [1.807, 2.05) is 19.1 Å². The number of carbonyl (C=O) groups is 1. The summed E-state index contributed by atoms with van der Waals surface area (Å²) in [5, 5.41) is 2.61. The molecule has 0 aliphatic carbocycles. The Labute approximate surface area is 123 Å². The Balaban J connectivity index is 2.59. The van der Waals surface area contributed by atoms with Gasteiger partial charge in [0.05, 0.1) is 5.54 Å². The number of amides is 2. The number of nitrogens with zero attached hydrogens (tertiary/aromatic N) is 2. The SMILES string of the molecule is CNC(=O)N(C)[C@](C)(c1ccc(F)cc1)c1cccnc1. The molecule has 0 fully saturated rings. The molecule has 0 spiro atoms. The van der Waals surface area contributed by atoms with E-state index >= 15 is 0 Å². The molecule has 2 amide bonds. The summed E-state index contributed by atoms with van der Waals surface area (Å²) >= 11 is 0. The van der Waals surface area contributed by atoms with Crippen LogP contribution in [0, 0.1) is 5.82 Å². The Morgan fingerprint density at radius 3 is 2.43 bits per heavy atom. The van der Waals surface area contributed by atoms with Crippen molar-refractivity contribution in [3.63, 3.8) is 0 Å². The van der Waals surface area contributed by atoms with E-state index in [2.05, 4.69) is 10.3 Å². The topological polar surface area (TPSA) is 45.2 Å². The molecule has 4 nitrogen and oxygen atoms in total. The van der Waals surface area contributed by atoms with Gasteiger partial charge in [0, 0.05) is 32.1 Å². The molecular weight excluding hydrogens is 269 g/mol. The Morgan fingerprint density at radius 2 is 1.90 bits per heavy atom. The third-order valence-corrected chi connectivity index (χ3v) is 3.82. The van der Waals surface area contributed by atoms with Crippen LogP contribution in [0.3, 0.4) is 0 Å². The van der Waals surface area contributed by atoms with Crippen molar-refractivity contribution in [2.75, 3.05) is 14.1 Å². The highest BCUT2D eigenvalue weighted by Crippen LogP contribution is 2.34. The highest BCUT2D eigenvalue weighted by Gasteiger charge is 2.36. The van der Waals surface area contributed by atoms with Crippen LogP contribution in [0.1, 0.15) is 18.1 Å². The molecule has 0 saturated heterocycles. The normalized spacial score (nSPS) is 13.3. The van der Waals surface area contributed by atoms with E-state index in [9.17, 15) is 9.18 Å². The smallest absolute Gasteiger partial charge is 0.317 e. The van der Waals surface area contributed by atoms with Gasteiger partial charge in [0.2, 0.25) is 0 Å². The monoisotopic (exact) mass is 287 g/mol. The number of nitrogens with one attached hydrogen (secondary N) is 1. The van der Waals surface area contributed by atoms with Crippen molar-refractivity contribution in [1.82, 2.24) is 15.2 Å². The van der Waals surface area contributed by atoms with Gasteiger partial charge in [-0.1, -0.05) is 18.2 Å². The van der Waals surface area contributed by atoms with E-state index in [1.165, 1.54) is 12.1 Å². The molecule has 2 rings (SSSR count). The van der Waals surface area contributed by atoms with Crippen LogP contribution in [0.25, 0.3) is 0 Å². The van der Waals surface area contributed by atoms with Crippen LogP contribution < -0.4 is 5.32 Å². The quantitative estimate of drug-likeness (QED) is 0.943. The minimum atomic E-state index is -0.748. The van der Waals surface area contributed by atoms with Crippen molar-refractivity contribution in [1.29, 1.82) is 0 Å². The van der Waals surface area contributed by atoms with Gasteiger partial charge in [-0.15, -0.1) is 0 Å². The second kappa shape index (κ2) is 5.91. The lowest BCUT2D eigenvalue weighted by Gasteiger charge is -2.39. The molecule has 0 radical (unpaired) electrons. The predicted molar refractivity (Wildman–Crippen MR) is 79.3 cm³/mol. The molecule has 0 aliphatic heterocycles. The third kappa shape index (κ3) is 2.72. The van der Waals surface area contributed by atoms with Gasteiger partial charge >= 0.3 is 6.03 Å². The van der Waals surface area contributed by atoms with E-state index in [-0.39, 0.29) is 11.8 Å². The molecule has 2 aromatic rings. The summed E-state index contributed by atoms with van der Waals surface area (Å²) in [7, 11) is 3.28. The van der Waals surface area contributed by atoms with Gasteiger partial charge in [-0.2, -0.15) is 0 Å². The maximum Gasteiger partial charge on any atom is 0.317 e. The van der Waals surface area contributed by atoms with Crippen molar-refractivity contribution in [2.24, 2.45) is 0 Å². The van der Waals surface area contributed by atoms with Crippen molar-refractivity contribution in [3.8, 4) is 0 Å². The lowest BCUT2D eigenvalue weighted by molar-refractivity contribution is 0.168. The van der Waals surface area contributed by atoms with Gasteiger partial charge in [0.25, 0.3) is 0 Å². The summed E-state index contributed by atoms with van der Waals surface area (Å²) in [5.74, 6) is -0.310. The lowest BCUT2D eigenvalue weighted by Crippen LogP contribution is -2.49. The van der Waals surface area contributed by atoms with E-state index in [0.717, 1.165) is 11.1 Å². The van der Waals surface area contributed by atoms with E-state index in [0.29, 0.717) is 0 Å². The summed E-state index contributed by atoms with van der Waals surface area (Å²) in [6.45, 7) is 1.91. The van der Waals surface area contributed by atoms with Crippen LogP contribution in [-0.4, -0.2) is 30.0 Å². The second-order valence-corrected chi connectivity index (χ2v) is 4.93. The zero-order chi connectivity index (χ0) is 15.5. The molecule has 1 aromatic heterocycles. The van der Waals surface area contributed by atoms with Crippen molar-refractivity contribution < 1.29 is 9.18 Å². The van der Waals surface area contributed by atoms with Crippen LogP contribution in [0.2, 0.25) is 0 Å². The van der Waals surface area contributed by atoms with Gasteiger partial charge in [0.15, 0.2) is 0 Å². The summed E-state index contributed by atoms with van der Waals surface area (Å²) in [4.78, 5) is 17.8. The highest BCUT2D eigenvalue weighted by molar-refractivity contribution is 5.75. The van der Waals surface area contributed by atoms with Gasteiger partial charge < -0.3 is 10.2 Å². The average Bonchev–Trinajstić information content (AvgIpc) is 2.54. The van der Waals surface area contributed by atoms with E-state index in [4.69, 9.17) is 0 Å². The molecule has 0 bridgehead atoms. The van der Waals surface area contributed by atoms with Crippen LogP contribution >= 0.6 is 0 Å². The standard InChI is InChI=1S/C16H18FN3O/c1-16(20(3)15(21)18-2,13-5-4-10-19-11-13)12-6-8-14(17)9-7-12/h4-11H,1-3H3,(H,18,21)/t16-/m1/s1. The number of pyridine rings is 1. The van der Waals surface area contributed by atoms with E-state index in [1.54, 1.807) is 43.5 Å². The molecule has 5 heteroatoms. The molecular formula is C16H18FN3O. The van der Waals surface area contributed by atoms with Gasteiger partial charge in [0.1, 0.15) is 5.82 Å². The number of hydrogen-bond donors (Lipinski definition) is 1. The summed E-state index contributed by atoms with van der Waals surface area (Å²) in [6.07, 6.45) is 3.39. The molecule has 0 unspecified atom stereocenters. The van der Waals surface area contributed by atoms with Gasteiger partial charge in [-0.05, 0) is 30.7 Å². The molecule has 110 valence electrons.